The maximum atomic E-state index is 10.4. The standard InChI is InChI=1S/C6H10O3.C3H8O3/c1-3-9-6(8)4-5(2)7;4-1-3(6)2-5/h3-4H2,1-2H3;3-6H,1-2H2. The summed E-state index contributed by atoms with van der Waals surface area (Å²) in [5.41, 5.74) is 0. The molecule has 0 aliphatic rings. The number of aliphatic hydroxyl groups is 3. The average Bonchev–Trinajstić information content (AvgIpc) is 2.16. The Morgan fingerprint density at radius 2 is 1.73 bits per heavy atom. The van der Waals surface area contributed by atoms with E-state index in [0.717, 1.165) is 0 Å². The van der Waals surface area contributed by atoms with Crippen molar-refractivity contribution in [3.05, 3.63) is 0 Å². The average molecular weight is 222 g/mol. The molecule has 0 rings (SSSR count). The van der Waals surface area contributed by atoms with Crippen LogP contribution in [0, 0.1) is 0 Å². The quantitative estimate of drug-likeness (QED) is 0.401. The largest absolute Gasteiger partial charge is 0.466 e. The molecule has 0 heterocycles. The lowest BCUT2D eigenvalue weighted by molar-refractivity contribution is -0.145. The maximum Gasteiger partial charge on any atom is 0.313 e. The topological polar surface area (TPSA) is 104 Å². The fraction of sp³-hybridized carbons (Fsp3) is 0.778. The van der Waals surface area contributed by atoms with Gasteiger partial charge in [-0.15, -0.1) is 0 Å². The summed E-state index contributed by atoms with van der Waals surface area (Å²) in [5.74, 6) is -0.599. The molecule has 0 aromatic rings. The van der Waals surface area contributed by atoms with Gasteiger partial charge in [-0.25, -0.2) is 0 Å². The number of Topliss-reactive ketones (excluding diaryl/α,β-unsaturated/α-hetero) is 1. The second kappa shape index (κ2) is 11.1. The highest BCUT2D eigenvalue weighted by Gasteiger charge is 2.03. The zero-order valence-corrected chi connectivity index (χ0v) is 8.97. The number of hydrogen-bond donors (Lipinski definition) is 3. The van der Waals surface area contributed by atoms with Gasteiger partial charge in [0.1, 0.15) is 18.3 Å². The summed E-state index contributed by atoms with van der Waals surface area (Å²) >= 11 is 0. The predicted octanol–water partition coefficient (Wildman–Crippen LogP) is -1.14. The Bertz CT molecular complexity index is 175. The van der Waals surface area contributed by atoms with Crippen molar-refractivity contribution in [2.24, 2.45) is 0 Å². The molecular weight excluding hydrogens is 204 g/mol. The Morgan fingerprint density at radius 1 is 1.27 bits per heavy atom. The summed E-state index contributed by atoms with van der Waals surface area (Å²) in [6.45, 7) is 2.67. The van der Waals surface area contributed by atoms with E-state index in [9.17, 15) is 9.59 Å². The molecule has 15 heavy (non-hydrogen) atoms. The molecule has 0 amide bonds. The first-order valence-corrected chi connectivity index (χ1v) is 4.52. The van der Waals surface area contributed by atoms with Gasteiger partial charge >= 0.3 is 5.97 Å². The molecular formula is C9H18O6. The summed E-state index contributed by atoms with van der Waals surface area (Å²) in [4.78, 5) is 20.6. The number of carbonyl (C=O) groups is 2. The van der Waals surface area contributed by atoms with E-state index in [1.165, 1.54) is 6.92 Å². The molecule has 0 aliphatic heterocycles. The first-order chi connectivity index (χ1) is 6.97. The number of rotatable bonds is 5. The minimum absolute atomic E-state index is 0.103. The molecule has 6 nitrogen and oxygen atoms in total. The lowest BCUT2D eigenvalue weighted by Crippen LogP contribution is -2.15. The number of hydrogen-bond acceptors (Lipinski definition) is 6. The first kappa shape index (κ1) is 16.4. The monoisotopic (exact) mass is 222 g/mol. The zero-order chi connectivity index (χ0) is 12.3. The van der Waals surface area contributed by atoms with Crippen molar-refractivity contribution in [3.8, 4) is 0 Å². The lowest BCUT2D eigenvalue weighted by atomic mass is 10.3. The van der Waals surface area contributed by atoms with E-state index in [1.54, 1.807) is 6.92 Å². The molecule has 0 saturated heterocycles. The van der Waals surface area contributed by atoms with Crippen LogP contribution < -0.4 is 0 Å². The zero-order valence-electron chi connectivity index (χ0n) is 8.97. The van der Waals surface area contributed by atoms with Crippen LogP contribution in [0.5, 0.6) is 0 Å². The highest BCUT2D eigenvalue weighted by atomic mass is 16.5. The number of esters is 1. The van der Waals surface area contributed by atoms with Crippen LogP contribution in [0.1, 0.15) is 20.3 Å². The Balaban J connectivity index is 0. The fourth-order valence-corrected chi connectivity index (χ4v) is 0.473. The van der Waals surface area contributed by atoms with Crippen molar-refractivity contribution in [2.45, 2.75) is 26.4 Å². The van der Waals surface area contributed by atoms with Crippen LogP contribution >= 0.6 is 0 Å². The van der Waals surface area contributed by atoms with Gasteiger partial charge in [0.05, 0.1) is 19.8 Å². The van der Waals surface area contributed by atoms with Gasteiger partial charge in [0.2, 0.25) is 0 Å². The molecule has 0 atom stereocenters. The number of ketones is 1. The molecule has 3 N–H and O–H groups in total. The van der Waals surface area contributed by atoms with Crippen molar-refractivity contribution in [1.29, 1.82) is 0 Å². The van der Waals surface area contributed by atoms with Gasteiger partial charge in [-0.05, 0) is 13.8 Å². The van der Waals surface area contributed by atoms with Crippen LogP contribution in [-0.4, -0.2) is 53.0 Å². The SMILES string of the molecule is CCOC(=O)CC(C)=O.OCC(O)CO. The highest BCUT2D eigenvalue weighted by molar-refractivity contribution is 5.94. The molecule has 0 radical (unpaired) electrons. The summed E-state index contributed by atoms with van der Waals surface area (Å²) in [6, 6.07) is 0. The van der Waals surface area contributed by atoms with Gasteiger partial charge in [-0.1, -0.05) is 0 Å². The Labute approximate surface area is 88.5 Å². The van der Waals surface area contributed by atoms with Crippen molar-refractivity contribution in [1.82, 2.24) is 0 Å². The van der Waals surface area contributed by atoms with Gasteiger partial charge in [0.25, 0.3) is 0 Å². The van der Waals surface area contributed by atoms with Crippen molar-refractivity contribution in [2.75, 3.05) is 19.8 Å². The number of aliphatic hydroxyl groups excluding tert-OH is 3. The van der Waals surface area contributed by atoms with E-state index >= 15 is 0 Å². The smallest absolute Gasteiger partial charge is 0.313 e. The van der Waals surface area contributed by atoms with E-state index in [0.29, 0.717) is 6.61 Å². The van der Waals surface area contributed by atoms with Crippen LogP contribution in [0.15, 0.2) is 0 Å². The van der Waals surface area contributed by atoms with Gasteiger partial charge in [-0.3, -0.25) is 9.59 Å². The Morgan fingerprint density at radius 3 is 1.93 bits per heavy atom. The minimum atomic E-state index is -0.954. The summed E-state index contributed by atoms with van der Waals surface area (Å²) < 4.78 is 4.49. The molecule has 0 bridgehead atoms. The maximum absolute atomic E-state index is 10.4. The summed E-state index contributed by atoms with van der Waals surface area (Å²) in [6.07, 6.45) is -1.06. The number of ether oxygens (including phenoxy) is 1. The molecule has 0 aromatic heterocycles. The molecule has 0 saturated carbocycles. The molecule has 0 spiro atoms. The van der Waals surface area contributed by atoms with E-state index in [-0.39, 0.29) is 25.4 Å². The third-order valence-corrected chi connectivity index (χ3v) is 1.12. The van der Waals surface area contributed by atoms with Gasteiger partial charge in [-0.2, -0.15) is 0 Å². The van der Waals surface area contributed by atoms with E-state index < -0.39 is 12.1 Å². The van der Waals surface area contributed by atoms with E-state index in [1.807, 2.05) is 0 Å². The van der Waals surface area contributed by atoms with Crippen molar-refractivity contribution < 1.29 is 29.6 Å². The highest BCUT2D eigenvalue weighted by Crippen LogP contribution is 1.86. The second-order valence-corrected chi connectivity index (χ2v) is 2.70. The summed E-state index contributed by atoms with van der Waals surface area (Å²) in [7, 11) is 0. The Hall–Kier alpha value is -0.980. The van der Waals surface area contributed by atoms with Gasteiger partial charge in [0, 0.05) is 0 Å². The molecule has 6 heteroatoms. The lowest BCUT2D eigenvalue weighted by Gasteiger charge is -1.96. The van der Waals surface area contributed by atoms with Crippen molar-refractivity contribution >= 4 is 11.8 Å². The predicted molar refractivity (Wildman–Crippen MR) is 52.1 cm³/mol. The van der Waals surface area contributed by atoms with Crippen molar-refractivity contribution in [3.63, 3.8) is 0 Å². The van der Waals surface area contributed by atoms with E-state index in [4.69, 9.17) is 15.3 Å². The molecule has 0 unspecified atom stereocenters. The van der Waals surface area contributed by atoms with E-state index in [2.05, 4.69) is 4.74 Å². The molecule has 90 valence electrons. The third-order valence-electron chi connectivity index (χ3n) is 1.12. The minimum Gasteiger partial charge on any atom is -0.466 e. The number of carbonyl (C=O) groups excluding carboxylic acids is 2. The van der Waals surface area contributed by atoms with Crippen LogP contribution in [0.2, 0.25) is 0 Å². The van der Waals surface area contributed by atoms with Crippen LogP contribution in [0.3, 0.4) is 0 Å². The summed E-state index contributed by atoms with van der Waals surface area (Å²) in [5, 5.41) is 24.0. The molecule has 0 aromatic carbocycles. The van der Waals surface area contributed by atoms with Crippen LogP contribution in [-0.2, 0) is 14.3 Å². The second-order valence-electron chi connectivity index (χ2n) is 2.70. The van der Waals surface area contributed by atoms with Crippen LogP contribution in [0.25, 0.3) is 0 Å². The fourth-order valence-electron chi connectivity index (χ4n) is 0.473. The Kier molecular flexibility index (Phi) is 12.2. The normalized spacial score (nSPS) is 9.20. The van der Waals surface area contributed by atoms with Crippen LogP contribution in [0.4, 0.5) is 0 Å². The van der Waals surface area contributed by atoms with Gasteiger partial charge in [0.15, 0.2) is 0 Å². The molecule has 0 aliphatic carbocycles. The first-order valence-electron chi connectivity index (χ1n) is 4.52. The molecule has 0 fully saturated rings. The third kappa shape index (κ3) is 15.7. The van der Waals surface area contributed by atoms with Gasteiger partial charge < -0.3 is 20.1 Å².